The molecule has 3 N–H and O–H groups in total. The van der Waals surface area contributed by atoms with Crippen LogP contribution in [0.15, 0.2) is 77.5 Å². The zero-order valence-corrected chi connectivity index (χ0v) is 19.3. The molecular formula is C26H28N6O2. The van der Waals surface area contributed by atoms with Gasteiger partial charge in [-0.1, -0.05) is 30.3 Å². The largest absolute Gasteiger partial charge is 0.462 e. The zero-order chi connectivity index (χ0) is 23.9. The molecule has 2 aromatic carbocycles. The summed E-state index contributed by atoms with van der Waals surface area (Å²) in [6.45, 7) is 0. The average molecular weight is 457 g/mol. The van der Waals surface area contributed by atoms with Gasteiger partial charge in [0.2, 0.25) is 11.9 Å². The van der Waals surface area contributed by atoms with Crippen LogP contribution in [0.25, 0.3) is 11.3 Å². The van der Waals surface area contributed by atoms with E-state index in [0.29, 0.717) is 25.1 Å². The molecule has 8 nitrogen and oxygen atoms in total. The summed E-state index contributed by atoms with van der Waals surface area (Å²) in [5, 5.41) is 3.27. The Hall–Kier alpha value is -4.20. The molecule has 1 aromatic heterocycles. The summed E-state index contributed by atoms with van der Waals surface area (Å²) in [6, 6.07) is 18.9. The van der Waals surface area contributed by atoms with Crippen molar-refractivity contribution in [2.75, 3.05) is 25.1 Å². The van der Waals surface area contributed by atoms with Gasteiger partial charge in [0.05, 0.1) is 5.69 Å². The number of rotatable bonds is 6. The maximum Gasteiger partial charge on any atom is 0.246 e. The van der Waals surface area contributed by atoms with E-state index in [1.165, 1.54) is 0 Å². The fraction of sp³-hybridized carbons (Fsp3) is 0.231. The highest BCUT2D eigenvalue weighted by atomic mass is 16.5. The molecule has 1 aliphatic heterocycles. The summed E-state index contributed by atoms with van der Waals surface area (Å²) in [4.78, 5) is 26.9. The number of anilines is 3. The number of nitrogens with one attached hydrogen (secondary N) is 1. The van der Waals surface area contributed by atoms with E-state index in [-0.39, 0.29) is 17.9 Å². The van der Waals surface area contributed by atoms with Crippen LogP contribution in [0.4, 0.5) is 17.5 Å². The van der Waals surface area contributed by atoms with Crippen molar-refractivity contribution in [3.8, 4) is 17.0 Å². The topological polar surface area (TPSA) is 106 Å². The van der Waals surface area contributed by atoms with Gasteiger partial charge in [0.1, 0.15) is 23.4 Å². The molecule has 0 saturated carbocycles. The van der Waals surface area contributed by atoms with Gasteiger partial charge in [0, 0.05) is 50.5 Å². The molecule has 34 heavy (non-hydrogen) atoms. The maximum absolute atomic E-state index is 12.3. The summed E-state index contributed by atoms with van der Waals surface area (Å²) in [7, 11) is 3.50. The van der Waals surface area contributed by atoms with Gasteiger partial charge in [0.25, 0.3) is 0 Å². The van der Waals surface area contributed by atoms with Crippen molar-refractivity contribution in [1.82, 2.24) is 14.9 Å². The van der Waals surface area contributed by atoms with Crippen LogP contribution in [0.5, 0.6) is 5.75 Å². The lowest BCUT2D eigenvalue weighted by atomic mass is 10.1. The number of nitrogens with zero attached hydrogens (tertiary/aromatic N) is 4. The first-order chi connectivity index (χ1) is 16.5. The molecule has 1 atom stereocenters. The number of aliphatic imine (C=N–C) groups is 1. The lowest BCUT2D eigenvalue weighted by Gasteiger charge is -2.19. The van der Waals surface area contributed by atoms with E-state index < -0.39 is 0 Å². The first kappa shape index (κ1) is 23.0. The van der Waals surface area contributed by atoms with Crippen molar-refractivity contribution in [2.45, 2.75) is 25.3 Å². The molecule has 0 spiro atoms. The Bertz CT molecular complexity index is 1190. The zero-order valence-electron chi connectivity index (χ0n) is 19.3. The molecule has 1 aliphatic rings. The second-order valence-electron chi connectivity index (χ2n) is 8.14. The van der Waals surface area contributed by atoms with Gasteiger partial charge in [-0.25, -0.2) is 4.98 Å². The van der Waals surface area contributed by atoms with Crippen molar-refractivity contribution >= 4 is 29.6 Å². The minimum atomic E-state index is -0.366. The SMILES string of the molecule is CN(C)C(=O)C1CC/C(Oc2ccc(Nc3cc(-c4ccccc4)nc(N)n3)cc2)=C\CC=N1. The van der Waals surface area contributed by atoms with Gasteiger partial charge in [-0.2, -0.15) is 4.98 Å². The second kappa shape index (κ2) is 10.6. The van der Waals surface area contributed by atoms with Crippen molar-refractivity contribution in [2.24, 2.45) is 4.99 Å². The van der Waals surface area contributed by atoms with Gasteiger partial charge >= 0.3 is 0 Å². The van der Waals surface area contributed by atoms with Crippen LogP contribution in [0.2, 0.25) is 0 Å². The van der Waals surface area contributed by atoms with Crippen molar-refractivity contribution in [3.63, 3.8) is 0 Å². The smallest absolute Gasteiger partial charge is 0.246 e. The second-order valence-corrected chi connectivity index (χ2v) is 8.14. The minimum absolute atomic E-state index is 0.00806. The molecule has 2 heterocycles. The fourth-order valence-corrected chi connectivity index (χ4v) is 3.60. The van der Waals surface area contributed by atoms with Gasteiger partial charge in [-0.05, 0) is 36.8 Å². The summed E-state index contributed by atoms with van der Waals surface area (Å²) < 4.78 is 6.08. The Morgan fingerprint density at radius 3 is 2.59 bits per heavy atom. The molecule has 8 heteroatoms. The summed E-state index contributed by atoms with van der Waals surface area (Å²) in [5.74, 6) is 2.37. The Balaban J connectivity index is 1.41. The minimum Gasteiger partial charge on any atom is -0.462 e. The van der Waals surface area contributed by atoms with Gasteiger partial charge in [0.15, 0.2) is 0 Å². The number of carbonyl (C=O) groups excluding carboxylic acids is 1. The molecule has 0 radical (unpaired) electrons. The summed E-state index contributed by atoms with van der Waals surface area (Å²) in [5.41, 5.74) is 8.49. The van der Waals surface area contributed by atoms with Gasteiger partial charge in [-0.3, -0.25) is 9.79 Å². The number of aromatic nitrogens is 2. The molecule has 0 fully saturated rings. The maximum atomic E-state index is 12.3. The van der Waals surface area contributed by atoms with E-state index in [9.17, 15) is 4.79 Å². The molecule has 4 rings (SSSR count). The first-order valence-corrected chi connectivity index (χ1v) is 11.1. The van der Waals surface area contributed by atoms with E-state index in [1.54, 1.807) is 25.2 Å². The molecule has 0 saturated heterocycles. The fourth-order valence-electron chi connectivity index (χ4n) is 3.60. The standard InChI is InChI=1S/C26H28N6O2/c1-32(2)25(33)22-15-14-20(9-6-16-28-22)34-21-12-10-19(11-13-21)29-24-17-23(30-26(27)31-24)18-7-4-3-5-8-18/h3-5,7-13,16-17,22H,6,14-15H2,1-2H3,(H3,27,29,30,31)/b20-9+,28-16?. The molecule has 0 bridgehead atoms. The predicted molar refractivity (Wildman–Crippen MR) is 135 cm³/mol. The number of allylic oxidation sites excluding steroid dienone is 2. The van der Waals surface area contributed by atoms with Crippen molar-refractivity contribution in [3.05, 3.63) is 72.5 Å². The lowest BCUT2D eigenvalue weighted by molar-refractivity contribution is -0.130. The number of likely N-dealkylation sites (N-methyl/N-ethyl adjacent to an activating group) is 1. The highest BCUT2D eigenvalue weighted by molar-refractivity contribution is 5.83. The van der Waals surface area contributed by atoms with E-state index >= 15 is 0 Å². The van der Waals surface area contributed by atoms with Gasteiger partial charge < -0.3 is 20.7 Å². The Kier molecular flexibility index (Phi) is 7.17. The molecule has 0 aliphatic carbocycles. The third-order valence-corrected chi connectivity index (χ3v) is 5.31. The molecule has 1 amide bonds. The monoisotopic (exact) mass is 456 g/mol. The van der Waals surface area contributed by atoms with Crippen LogP contribution >= 0.6 is 0 Å². The Labute approximate surface area is 199 Å². The number of hydrogen-bond acceptors (Lipinski definition) is 7. The third-order valence-electron chi connectivity index (χ3n) is 5.31. The highest BCUT2D eigenvalue weighted by Gasteiger charge is 2.20. The predicted octanol–water partition coefficient (Wildman–Crippen LogP) is 4.44. The first-order valence-electron chi connectivity index (χ1n) is 11.1. The number of amides is 1. The van der Waals surface area contributed by atoms with E-state index in [0.717, 1.165) is 28.5 Å². The number of carbonyl (C=O) groups is 1. The highest BCUT2D eigenvalue weighted by Crippen LogP contribution is 2.25. The Morgan fingerprint density at radius 1 is 1.09 bits per heavy atom. The quantitative estimate of drug-likeness (QED) is 0.568. The normalized spacial score (nSPS) is 17.1. The van der Waals surface area contributed by atoms with E-state index in [4.69, 9.17) is 10.5 Å². The van der Waals surface area contributed by atoms with Crippen LogP contribution in [0, 0.1) is 0 Å². The Morgan fingerprint density at radius 2 is 1.85 bits per heavy atom. The van der Waals surface area contributed by atoms with Gasteiger partial charge in [-0.15, -0.1) is 0 Å². The average Bonchev–Trinajstić information content (AvgIpc) is 2.82. The molecule has 1 unspecified atom stereocenters. The van der Waals surface area contributed by atoms with Crippen LogP contribution in [0.3, 0.4) is 0 Å². The van der Waals surface area contributed by atoms with Crippen LogP contribution in [-0.2, 0) is 4.79 Å². The molecule has 174 valence electrons. The third kappa shape index (κ3) is 5.98. The molecular weight excluding hydrogens is 428 g/mol. The van der Waals surface area contributed by atoms with Crippen LogP contribution in [0.1, 0.15) is 19.3 Å². The number of nitrogens with two attached hydrogens (primary N) is 1. The van der Waals surface area contributed by atoms with E-state index in [2.05, 4.69) is 20.3 Å². The number of hydrogen-bond donors (Lipinski definition) is 2. The van der Waals surface area contributed by atoms with Crippen LogP contribution < -0.4 is 15.8 Å². The van der Waals surface area contributed by atoms with Crippen molar-refractivity contribution < 1.29 is 9.53 Å². The number of ether oxygens (including phenoxy) is 1. The number of nitrogen functional groups attached to an aromatic ring is 1. The molecule has 3 aromatic rings. The van der Waals surface area contributed by atoms with E-state index in [1.807, 2.05) is 66.7 Å². The number of benzene rings is 2. The lowest BCUT2D eigenvalue weighted by Crippen LogP contribution is -2.33. The van der Waals surface area contributed by atoms with Crippen LogP contribution in [-0.4, -0.2) is 47.1 Å². The summed E-state index contributed by atoms with van der Waals surface area (Å²) in [6.07, 6.45) is 5.66. The summed E-state index contributed by atoms with van der Waals surface area (Å²) >= 11 is 0. The van der Waals surface area contributed by atoms with Crippen molar-refractivity contribution in [1.29, 1.82) is 0 Å².